The summed E-state index contributed by atoms with van der Waals surface area (Å²) in [6, 6.07) is 6.57. The van der Waals surface area contributed by atoms with Crippen LogP contribution in [0.25, 0.3) is 0 Å². The summed E-state index contributed by atoms with van der Waals surface area (Å²) < 4.78 is 12.7. The summed E-state index contributed by atoms with van der Waals surface area (Å²) in [4.78, 5) is 13.1. The van der Waals surface area contributed by atoms with Crippen LogP contribution in [0.5, 0.6) is 0 Å². The SMILES string of the molecule is O=C(O)C1CCN(CCc2ccc(F)cc2)CC1. The van der Waals surface area contributed by atoms with Crippen molar-refractivity contribution in [3.05, 3.63) is 35.6 Å². The van der Waals surface area contributed by atoms with Crippen molar-refractivity contribution in [2.75, 3.05) is 19.6 Å². The minimum absolute atomic E-state index is 0.174. The Labute approximate surface area is 106 Å². The lowest BCUT2D eigenvalue weighted by atomic mass is 9.97. The van der Waals surface area contributed by atoms with E-state index in [1.165, 1.54) is 12.1 Å². The summed E-state index contributed by atoms with van der Waals surface area (Å²) in [6.45, 7) is 2.61. The molecule has 1 heterocycles. The van der Waals surface area contributed by atoms with E-state index in [2.05, 4.69) is 4.90 Å². The Kier molecular flexibility index (Phi) is 4.31. The largest absolute Gasteiger partial charge is 0.481 e. The molecule has 0 bridgehead atoms. The number of hydrogen-bond donors (Lipinski definition) is 1. The van der Waals surface area contributed by atoms with Crippen LogP contribution in [-0.4, -0.2) is 35.6 Å². The molecule has 0 amide bonds. The van der Waals surface area contributed by atoms with Gasteiger partial charge < -0.3 is 10.0 Å². The van der Waals surface area contributed by atoms with E-state index in [-0.39, 0.29) is 11.7 Å². The number of hydrogen-bond acceptors (Lipinski definition) is 2. The molecule has 1 aliphatic heterocycles. The highest BCUT2D eigenvalue weighted by atomic mass is 19.1. The summed E-state index contributed by atoms with van der Waals surface area (Å²) in [5, 5.41) is 8.90. The molecule has 0 radical (unpaired) electrons. The number of halogens is 1. The summed E-state index contributed by atoms with van der Waals surface area (Å²) in [5.41, 5.74) is 1.12. The molecule has 18 heavy (non-hydrogen) atoms. The molecule has 0 aliphatic carbocycles. The topological polar surface area (TPSA) is 40.5 Å². The van der Waals surface area contributed by atoms with Crippen LogP contribution < -0.4 is 0 Å². The number of aliphatic carboxylic acids is 1. The minimum atomic E-state index is -0.673. The molecule has 0 saturated carbocycles. The summed E-state index contributed by atoms with van der Waals surface area (Å²) in [6.07, 6.45) is 2.36. The normalized spacial score (nSPS) is 17.8. The van der Waals surface area contributed by atoms with Gasteiger partial charge in [0.1, 0.15) is 5.82 Å². The van der Waals surface area contributed by atoms with E-state index >= 15 is 0 Å². The van der Waals surface area contributed by atoms with Gasteiger partial charge in [0, 0.05) is 6.54 Å². The molecule has 2 rings (SSSR count). The molecule has 3 nitrogen and oxygen atoms in total. The van der Waals surface area contributed by atoms with Crippen molar-refractivity contribution in [3.63, 3.8) is 0 Å². The van der Waals surface area contributed by atoms with E-state index in [0.29, 0.717) is 0 Å². The third kappa shape index (κ3) is 3.53. The van der Waals surface area contributed by atoms with Gasteiger partial charge in [0.2, 0.25) is 0 Å². The van der Waals surface area contributed by atoms with Crippen molar-refractivity contribution >= 4 is 5.97 Å². The van der Waals surface area contributed by atoms with Gasteiger partial charge in [-0.1, -0.05) is 12.1 Å². The molecule has 0 unspecified atom stereocenters. The zero-order valence-electron chi connectivity index (χ0n) is 10.3. The first kappa shape index (κ1) is 13.0. The zero-order chi connectivity index (χ0) is 13.0. The van der Waals surface area contributed by atoms with Crippen LogP contribution in [0.4, 0.5) is 4.39 Å². The molecule has 1 aromatic carbocycles. The Hall–Kier alpha value is -1.42. The number of carboxylic acid groups (broad SMARTS) is 1. The standard InChI is InChI=1S/C14H18FNO2/c15-13-3-1-11(2-4-13)5-8-16-9-6-12(7-10-16)14(17)18/h1-4,12H,5-10H2,(H,17,18). The Morgan fingerprint density at radius 1 is 1.28 bits per heavy atom. The molecule has 1 fully saturated rings. The quantitative estimate of drug-likeness (QED) is 0.891. The van der Waals surface area contributed by atoms with E-state index in [4.69, 9.17) is 5.11 Å². The van der Waals surface area contributed by atoms with Crippen LogP contribution in [0.1, 0.15) is 18.4 Å². The van der Waals surface area contributed by atoms with Gasteiger partial charge in [0.15, 0.2) is 0 Å². The molecular formula is C14H18FNO2. The summed E-state index contributed by atoms with van der Waals surface area (Å²) in [7, 11) is 0. The lowest BCUT2D eigenvalue weighted by Gasteiger charge is -2.29. The fourth-order valence-electron chi connectivity index (χ4n) is 2.34. The Bertz CT molecular complexity index is 397. The first-order valence-corrected chi connectivity index (χ1v) is 6.35. The smallest absolute Gasteiger partial charge is 0.306 e. The number of carboxylic acids is 1. The predicted octanol–water partition coefficient (Wildman–Crippen LogP) is 2.16. The molecule has 4 heteroatoms. The fourth-order valence-corrected chi connectivity index (χ4v) is 2.34. The van der Waals surface area contributed by atoms with Gasteiger partial charge in [0.05, 0.1) is 5.92 Å². The van der Waals surface area contributed by atoms with Gasteiger partial charge in [-0.05, 0) is 50.0 Å². The average Bonchev–Trinajstić information content (AvgIpc) is 2.38. The molecule has 1 aliphatic rings. The second-order valence-electron chi connectivity index (χ2n) is 4.83. The van der Waals surface area contributed by atoms with E-state index in [1.807, 2.05) is 0 Å². The van der Waals surface area contributed by atoms with Crippen LogP contribution in [0.15, 0.2) is 24.3 Å². The van der Waals surface area contributed by atoms with Crippen molar-refractivity contribution in [1.82, 2.24) is 4.90 Å². The van der Waals surface area contributed by atoms with Gasteiger partial charge in [-0.2, -0.15) is 0 Å². The maximum Gasteiger partial charge on any atom is 0.306 e. The lowest BCUT2D eigenvalue weighted by molar-refractivity contribution is -0.143. The maximum atomic E-state index is 12.7. The monoisotopic (exact) mass is 251 g/mol. The minimum Gasteiger partial charge on any atom is -0.481 e. The predicted molar refractivity (Wildman–Crippen MR) is 66.9 cm³/mol. The number of likely N-dealkylation sites (tertiary alicyclic amines) is 1. The van der Waals surface area contributed by atoms with E-state index in [1.54, 1.807) is 12.1 Å². The number of piperidine rings is 1. The van der Waals surface area contributed by atoms with Crippen LogP contribution in [0, 0.1) is 11.7 Å². The van der Waals surface area contributed by atoms with Gasteiger partial charge >= 0.3 is 5.97 Å². The van der Waals surface area contributed by atoms with Crippen molar-refractivity contribution in [2.24, 2.45) is 5.92 Å². The maximum absolute atomic E-state index is 12.7. The van der Waals surface area contributed by atoms with Crippen molar-refractivity contribution in [1.29, 1.82) is 0 Å². The molecule has 1 N–H and O–H groups in total. The van der Waals surface area contributed by atoms with Crippen molar-refractivity contribution < 1.29 is 14.3 Å². The molecule has 0 atom stereocenters. The van der Waals surface area contributed by atoms with E-state index in [9.17, 15) is 9.18 Å². The first-order chi connectivity index (χ1) is 8.65. The highest BCUT2D eigenvalue weighted by molar-refractivity contribution is 5.70. The third-order valence-corrected chi connectivity index (χ3v) is 3.57. The summed E-state index contributed by atoms with van der Waals surface area (Å²) >= 11 is 0. The second-order valence-corrected chi connectivity index (χ2v) is 4.83. The Balaban J connectivity index is 1.75. The van der Waals surface area contributed by atoms with Crippen LogP contribution in [0.2, 0.25) is 0 Å². The Morgan fingerprint density at radius 2 is 1.89 bits per heavy atom. The lowest BCUT2D eigenvalue weighted by Crippen LogP contribution is -2.37. The number of nitrogens with zero attached hydrogens (tertiary/aromatic N) is 1. The fraction of sp³-hybridized carbons (Fsp3) is 0.500. The zero-order valence-corrected chi connectivity index (χ0v) is 10.3. The highest BCUT2D eigenvalue weighted by Crippen LogP contribution is 2.17. The van der Waals surface area contributed by atoms with Crippen molar-refractivity contribution in [2.45, 2.75) is 19.3 Å². The van der Waals surface area contributed by atoms with Crippen LogP contribution in [-0.2, 0) is 11.2 Å². The molecule has 1 saturated heterocycles. The average molecular weight is 251 g/mol. The van der Waals surface area contributed by atoms with Gasteiger partial charge in [-0.25, -0.2) is 4.39 Å². The third-order valence-electron chi connectivity index (χ3n) is 3.57. The number of benzene rings is 1. The summed E-state index contributed by atoms with van der Waals surface area (Å²) in [5.74, 6) is -1.05. The van der Waals surface area contributed by atoms with Gasteiger partial charge in [-0.15, -0.1) is 0 Å². The van der Waals surface area contributed by atoms with Crippen LogP contribution in [0.3, 0.4) is 0 Å². The molecule has 98 valence electrons. The van der Waals surface area contributed by atoms with E-state index < -0.39 is 5.97 Å². The van der Waals surface area contributed by atoms with Crippen molar-refractivity contribution in [3.8, 4) is 0 Å². The number of carbonyl (C=O) groups is 1. The molecule has 1 aromatic rings. The highest BCUT2D eigenvalue weighted by Gasteiger charge is 2.23. The molecule has 0 aromatic heterocycles. The van der Waals surface area contributed by atoms with Crippen LogP contribution >= 0.6 is 0 Å². The molecule has 0 spiro atoms. The second kappa shape index (κ2) is 5.96. The Morgan fingerprint density at radius 3 is 2.44 bits per heavy atom. The van der Waals surface area contributed by atoms with Gasteiger partial charge in [-0.3, -0.25) is 4.79 Å². The van der Waals surface area contributed by atoms with E-state index in [0.717, 1.165) is 44.5 Å². The molecular weight excluding hydrogens is 233 g/mol. The number of rotatable bonds is 4. The van der Waals surface area contributed by atoms with Gasteiger partial charge in [0.25, 0.3) is 0 Å². The first-order valence-electron chi connectivity index (χ1n) is 6.35.